The molecule has 0 bridgehead atoms. The fourth-order valence-corrected chi connectivity index (χ4v) is 1.63. The number of rotatable bonds is 2. The third-order valence-electron chi connectivity index (χ3n) is 2.38. The van der Waals surface area contributed by atoms with Crippen LogP contribution in [0.3, 0.4) is 0 Å². The molecule has 0 spiro atoms. The van der Waals surface area contributed by atoms with Gasteiger partial charge in [-0.15, -0.1) is 0 Å². The van der Waals surface area contributed by atoms with Gasteiger partial charge < -0.3 is 19.9 Å². The van der Waals surface area contributed by atoms with Gasteiger partial charge in [-0.2, -0.15) is 0 Å². The smallest absolute Gasteiger partial charge is 0.407 e. The van der Waals surface area contributed by atoms with Gasteiger partial charge in [-0.1, -0.05) is 0 Å². The third-order valence-corrected chi connectivity index (χ3v) is 2.38. The normalized spacial score (nSPS) is 25.1. The van der Waals surface area contributed by atoms with Crippen molar-refractivity contribution in [3.8, 4) is 0 Å². The van der Waals surface area contributed by atoms with Gasteiger partial charge in [0.1, 0.15) is 5.60 Å². The molecular weight excluding hydrogens is 226 g/mol. The molecule has 1 heterocycles. The predicted octanol–water partition coefficient (Wildman–Crippen LogP) is 1.00. The fraction of sp³-hybridized carbons (Fsp3) is 0.818. The number of alkyl carbamates (subject to hydrolysis) is 1. The van der Waals surface area contributed by atoms with E-state index in [2.05, 4.69) is 5.32 Å². The first-order chi connectivity index (χ1) is 7.79. The van der Waals surface area contributed by atoms with E-state index in [9.17, 15) is 9.59 Å². The van der Waals surface area contributed by atoms with Crippen LogP contribution in [0.2, 0.25) is 0 Å². The molecule has 0 aromatic heterocycles. The van der Waals surface area contributed by atoms with Gasteiger partial charge in [-0.05, 0) is 27.2 Å². The van der Waals surface area contributed by atoms with Gasteiger partial charge in [0, 0.05) is 6.61 Å². The van der Waals surface area contributed by atoms with Crippen molar-refractivity contribution in [1.29, 1.82) is 0 Å². The van der Waals surface area contributed by atoms with Crippen LogP contribution in [0.25, 0.3) is 0 Å². The average molecular weight is 245 g/mol. The van der Waals surface area contributed by atoms with E-state index in [4.69, 9.17) is 14.6 Å². The summed E-state index contributed by atoms with van der Waals surface area (Å²) in [7, 11) is 0. The van der Waals surface area contributed by atoms with Gasteiger partial charge in [0.05, 0.1) is 18.6 Å². The molecular formula is C11H19NO5. The van der Waals surface area contributed by atoms with E-state index in [1.807, 2.05) is 0 Å². The maximum atomic E-state index is 11.5. The highest BCUT2D eigenvalue weighted by atomic mass is 16.6. The summed E-state index contributed by atoms with van der Waals surface area (Å²) in [6.45, 7) is 5.86. The molecule has 1 fully saturated rings. The zero-order valence-corrected chi connectivity index (χ0v) is 10.4. The molecule has 0 aromatic carbocycles. The van der Waals surface area contributed by atoms with Crippen molar-refractivity contribution in [2.45, 2.75) is 38.8 Å². The van der Waals surface area contributed by atoms with E-state index in [-0.39, 0.29) is 6.61 Å². The monoisotopic (exact) mass is 245 g/mol. The molecule has 0 radical (unpaired) electrons. The number of carbonyl (C=O) groups is 2. The van der Waals surface area contributed by atoms with Crippen LogP contribution in [0.15, 0.2) is 0 Å². The van der Waals surface area contributed by atoms with Crippen molar-refractivity contribution >= 4 is 12.1 Å². The Labute approximate surface area is 100 Å². The lowest BCUT2D eigenvalue weighted by molar-refractivity contribution is -0.146. The van der Waals surface area contributed by atoms with Gasteiger partial charge in [0.15, 0.2) is 0 Å². The molecule has 1 saturated heterocycles. The first-order valence-corrected chi connectivity index (χ1v) is 5.59. The van der Waals surface area contributed by atoms with Gasteiger partial charge in [0.2, 0.25) is 0 Å². The topological polar surface area (TPSA) is 84.9 Å². The standard InChI is InChI=1S/C11H19NO5/c1-11(2,3)17-10(15)12-8-6-16-5-4-7(8)9(13)14/h7-8H,4-6H2,1-3H3,(H,12,15)(H,13,14)/t7?,8-/m0/s1. The Morgan fingerprint density at radius 1 is 1.41 bits per heavy atom. The van der Waals surface area contributed by atoms with Gasteiger partial charge >= 0.3 is 12.1 Å². The fourth-order valence-electron chi connectivity index (χ4n) is 1.63. The van der Waals surface area contributed by atoms with Crippen molar-refractivity contribution in [1.82, 2.24) is 5.32 Å². The van der Waals surface area contributed by atoms with E-state index in [0.717, 1.165) is 0 Å². The van der Waals surface area contributed by atoms with E-state index >= 15 is 0 Å². The molecule has 98 valence electrons. The maximum Gasteiger partial charge on any atom is 0.407 e. The first-order valence-electron chi connectivity index (χ1n) is 5.59. The third kappa shape index (κ3) is 4.60. The van der Waals surface area contributed by atoms with Crippen LogP contribution >= 0.6 is 0 Å². The average Bonchev–Trinajstić information content (AvgIpc) is 2.14. The molecule has 6 nitrogen and oxygen atoms in total. The first kappa shape index (κ1) is 13.8. The maximum absolute atomic E-state index is 11.5. The molecule has 0 aromatic rings. The minimum Gasteiger partial charge on any atom is -0.481 e. The Morgan fingerprint density at radius 3 is 2.59 bits per heavy atom. The lowest BCUT2D eigenvalue weighted by Gasteiger charge is -2.30. The Morgan fingerprint density at radius 2 is 2.06 bits per heavy atom. The van der Waals surface area contributed by atoms with Crippen LogP contribution in [0.4, 0.5) is 4.79 Å². The summed E-state index contributed by atoms with van der Waals surface area (Å²) in [6, 6.07) is -0.531. The van der Waals surface area contributed by atoms with E-state index in [1.54, 1.807) is 20.8 Å². The Bertz CT molecular complexity index is 297. The molecule has 1 aliphatic rings. The zero-order valence-electron chi connectivity index (χ0n) is 10.4. The molecule has 2 atom stereocenters. The largest absolute Gasteiger partial charge is 0.481 e. The molecule has 17 heavy (non-hydrogen) atoms. The quantitative estimate of drug-likeness (QED) is 0.758. The lowest BCUT2D eigenvalue weighted by atomic mass is 9.95. The summed E-state index contributed by atoms with van der Waals surface area (Å²) >= 11 is 0. The second-order valence-corrected chi connectivity index (χ2v) is 5.06. The summed E-state index contributed by atoms with van der Waals surface area (Å²) < 4.78 is 10.2. The van der Waals surface area contributed by atoms with E-state index in [1.165, 1.54) is 0 Å². The van der Waals surface area contributed by atoms with Crippen LogP contribution in [-0.4, -0.2) is 42.0 Å². The summed E-state index contributed by atoms with van der Waals surface area (Å²) in [6.07, 6.45) is -0.213. The van der Waals surface area contributed by atoms with Crippen molar-refractivity contribution in [2.24, 2.45) is 5.92 Å². The Balaban J connectivity index is 2.53. The second kappa shape index (κ2) is 5.35. The van der Waals surface area contributed by atoms with Crippen LogP contribution in [0, 0.1) is 5.92 Å². The number of hydrogen-bond acceptors (Lipinski definition) is 4. The Kier molecular flexibility index (Phi) is 4.34. The highest BCUT2D eigenvalue weighted by molar-refractivity contribution is 5.73. The molecule has 1 rings (SSSR count). The SMILES string of the molecule is CC(C)(C)OC(=O)N[C@H]1COCCC1C(=O)O. The van der Waals surface area contributed by atoms with Crippen molar-refractivity contribution in [3.05, 3.63) is 0 Å². The van der Waals surface area contributed by atoms with Crippen molar-refractivity contribution in [2.75, 3.05) is 13.2 Å². The van der Waals surface area contributed by atoms with Crippen LogP contribution in [-0.2, 0) is 14.3 Å². The summed E-state index contributed by atoms with van der Waals surface area (Å²) in [5.41, 5.74) is -0.599. The molecule has 1 amide bonds. The molecule has 0 saturated carbocycles. The highest BCUT2D eigenvalue weighted by Crippen LogP contribution is 2.16. The van der Waals surface area contributed by atoms with Crippen LogP contribution < -0.4 is 5.32 Å². The van der Waals surface area contributed by atoms with Crippen molar-refractivity contribution < 1.29 is 24.2 Å². The van der Waals surface area contributed by atoms with E-state index < -0.39 is 29.6 Å². The summed E-state index contributed by atoms with van der Waals surface area (Å²) in [4.78, 5) is 22.5. The molecule has 2 N–H and O–H groups in total. The minimum atomic E-state index is -0.922. The number of carboxylic acids is 1. The van der Waals surface area contributed by atoms with Crippen LogP contribution in [0.5, 0.6) is 0 Å². The summed E-state index contributed by atoms with van der Waals surface area (Å²) in [5.74, 6) is -1.54. The van der Waals surface area contributed by atoms with Gasteiger partial charge in [-0.25, -0.2) is 4.79 Å². The van der Waals surface area contributed by atoms with E-state index in [0.29, 0.717) is 13.0 Å². The minimum absolute atomic E-state index is 0.205. The number of ether oxygens (including phenoxy) is 2. The lowest BCUT2D eigenvalue weighted by Crippen LogP contribution is -2.50. The molecule has 0 aliphatic carbocycles. The molecule has 1 unspecified atom stereocenters. The number of carboxylic acid groups (broad SMARTS) is 1. The number of aliphatic carboxylic acids is 1. The predicted molar refractivity (Wildman–Crippen MR) is 59.7 cm³/mol. The molecule has 6 heteroatoms. The number of nitrogens with one attached hydrogen (secondary N) is 1. The van der Waals surface area contributed by atoms with Crippen LogP contribution in [0.1, 0.15) is 27.2 Å². The number of carbonyl (C=O) groups excluding carboxylic acids is 1. The molecule has 1 aliphatic heterocycles. The Hall–Kier alpha value is -1.30. The van der Waals surface area contributed by atoms with Gasteiger partial charge in [0.25, 0.3) is 0 Å². The second-order valence-electron chi connectivity index (χ2n) is 5.06. The number of amides is 1. The highest BCUT2D eigenvalue weighted by Gasteiger charge is 2.33. The van der Waals surface area contributed by atoms with Gasteiger partial charge in [-0.3, -0.25) is 4.79 Å². The number of hydrogen-bond donors (Lipinski definition) is 2. The zero-order chi connectivity index (χ0) is 13.1. The van der Waals surface area contributed by atoms with Crippen molar-refractivity contribution in [3.63, 3.8) is 0 Å². The summed E-state index contributed by atoms with van der Waals surface area (Å²) in [5, 5.41) is 11.5.